The fourth-order valence-electron chi connectivity index (χ4n) is 0.930. The van der Waals surface area contributed by atoms with Gasteiger partial charge in [0.2, 0.25) is 0 Å². The molecular formula is C9H19O5P. The molecule has 1 atom stereocenters. The number of carboxylic acids is 1. The minimum Gasteiger partial charge on any atom is -0.481 e. The normalized spacial score (nSPS) is 14.6. The van der Waals surface area contributed by atoms with E-state index in [0.29, 0.717) is 0 Å². The van der Waals surface area contributed by atoms with Crippen molar-refractivity contribution in [1.82, 2.24) is 0 Å². The molecular weight excluding hydrogens is 219 g/mol. The summed E-state index contributed by atoms with van der Waals surface area (Å²) >= 11 is 0. The summed E-state index contributed by atoms with van der Waals surface area (Å²) in [5.41, 5.74) is -1.15. The van der Waals surface area contributed by atoms with Crippen molar-refractivity contribution in [2.24, 2.45) is 0 Å². The maximum atomic E-state index is 12.2. The van der Waals surface area contributed by atoms with Crippen molar-refractivity contribution in [3.63, 3.8) is 0 Å². The van der Waals surface area contributed by atoms with E-state index >= 15 is 0 Å². The Morgan fingerprint density at radius 1 is 1.07 bits per heavy atom. The van der Waals surface area contributed by atoms with Crippen molar-refractivity contribution >= 4 is 13.6 Å². The molecule has 0 bridgehead atoms. The van der Waals surface area contributed by atoms with E-state index in [1.165, 1.54) is 6.92 Å². The summed E-state index contributed by atoms with van der Waals surface area (Å²) in [7, 11) is -3.58. The zero-order valence-electron chi connectivity index (χ0n) is 9.76. The minimum atomic E-state index is -3.58. The third kappa shape index (κ3) is 4.78. The van der Waals surface area contributed by atoms with Crippen LogP contribution in [0.25, 0.3) is 0 Å². The number of hydrogen-bond acceptors (Lipinski definition) is 4. The van der Waals surface area contributed by atoms with Gasteiger partial charge < -0.3 is 14.2 Å². The molecule has 0 amide bonds. The van der Waals surface area contributed by atoms with Crippen LogP contribution in [0.5, 0.6) is 0 Å². The van der Waals surface area contributed by atoms with E-state index in [-0.39, 0.29) is 12.2 Å². The van der Waals surface area contributed by atoms with E-state index in [0.717, 1.165) is 0 Å². The first-order valence-corrected chi connectivity index (χ1v) is 6.49. The largest absolute Gasteiger partial charge is 0.481 e. The quantitative estimate of drug-likeness (QED) is 0.720. The highest BCUT2D eigenvalue weighted by Gasteiger charge is 2.39. The van der Waals surface area contributed by atoms with Crippen molar-refractivity contribution in [1.29, 1.82) is 0 Å². The Hall–Kier alpha value is -0.380. The van der Waals surface area contributed by atoms with Crippen LogP contribution in [0.1, 0.15) is 34.6 Å². The standard InChI is InChI=1S/C9H19O5P/c1-6(2)13-15(12,14-7(3)4)8(5)9(10)11/h6-8H,1-5H3,(H,10,11). The maximum Gasteiger partial charge on any atom is 0.345 e. The van der Waals surface area contributed by atoms with Gasteiger partial charge in [-0.25, -0.2) is 0 Å². The van der Waals surface area contributed by atoms with Gasteiger partial charge in [-0.1, -0.05) is 0 Å². The van der Waals surface area contributed by atoms with E-state index in [1.807, 2.05) is 0 Å². The van der Waals surface area contributed by atoms with Gasteiger partial charge in [0.1, 0.15) is 0 Å². The van der Waals surface area contributed by atoms with Gasteiger partial charge in [0, 0.05) is 0 Å². The van der Waals surface area contributed by atoms with Crippen molar-refractivity contribution in [3.8, 4) is 0 Å². The molecule has 0 aromatic heterocycles. The van der Waals surface area contributed by atoms with Gasteiger partial charge >= 0.3 is 13.6 Å². The van der Waals surface area contributed by atoms with Crippen LogP contribution in [0.3, 0.4) is 0 Å². The van der Waals surface area contributed by atoms with Crippen LogP contribution in [0, 0.1) is 0 Å². The van der Waals surface area contributed by atoms with E-state index in [4.69, 9.17) is 14.2 Å². The molecule has 0 fully saturated rings. The molecule has 0 aliphatic heterocycles. The summed E-state index contributed by atoms with van der Waals surface area (Å²) in [6.45, 7) is 8.07. The van der Waals surface area contributed by atoms with E-state index in [9.17, 15) is 9.36 Å². The Morgan fingerprint density at radius 2 is 1.40 bits per heavy atom. The second-order valence-corrected chi connectivity index (χ2v) is 6.14. The fourth-order valence-corrected chi connectivity index (χ4v) is 2.79. The third-order valence-corrected chi connectivity index (χ3v) is 4.15. The van der Waals surface area contributed by atoms with Gasteiger partial charge in [0.05, 0.1) is 12.2 Å². The van der Waals surface area contributed by atoms with Crippen LogP contribution in [0.4, 0.5) is 0 Å². The Bertz CT molecular complexity index is 247. The van der Waals surface area contributed by atoms with Crippen LogP contribution < -0.4 is 0 Å². The molecule has 5 nitrogen and oxygen atoms in total. The maximum absolute atomic E-state index is 12.2. The lowest BCUT2D eigenvalue weighted by Gasteiger charge is -2.25. The van der Waals surface area contributed by atoms with Crippen molar-refractivity contribution in [3.05, 3.63) is 0 Å². The summed E-state index contributed by atoms with van der Waals surface area (Å²) in [5.74, 6) is -1.18. The summed E-state index contributed by atoms with van der Waals surface area (Å²) in [6.07, 6.45) is -0.673. The molecule has 0 radical (unpaired) electrons. The Labute approximate surface area is 90.3 Å². The van der Waals surface area contributed by atoms with Crippen LogP contribution >= 0.6 is 7.60 Å². The molecule has 0 saturated heterocycles. The molecule has 1 unspecified atom stereocenters. The average molecular weight is 238 g/mol. The number of carbonyl (C=O) groups is 1. The molecule has 0 aromatic carbocycles. The molecule has 6 heteroatoms. The van der Waals surface area contributed by atoms with Gasteiger partial charge in [-0.05, 0) is 34.6 Å². The Balaban J connectivity index is 4.85. The smallest absolute Gasteiger partial charge is 0.345 e. The highest BCUT2D eigenvalue weighted by molar-refractivity contribution is 7.55. The predicted molar refractivity (Wildman–Crippen MR) is 57.1 cm³/mol. The van der Waals surface area contributed by atoms with Crippen LogP contribution in [-0.2, 0) is 18.4 Å². The molecule has 1 N–H and O–H groups in total. The number of rotatable bonds is 6. The van der Waals surface area contributed by atoms with Gasteiger partial charge in [0.25, 0.3) is 0 Å². The second-order valence-electron chi connectivity index (χ2n) is 3.86. The van der Waals surface area contributed by atoms with Crippen LogP contribution in [0.2, 0.25) is 0 Å². The summed E-state index contributed by atoms with van der Waals surface area (Å²) in [4.78, 5) is 10.8. The van der Waals surface area contributed by atoms with Crippen LogP contribution in [-0.4, -0.2) is 28.9 Å². The topological polar surface area (TPSA) is 72.8 Å². The van der Waals surface area contributed by atoms with Gasteiger partial charge in [0.15, 0.2) is 5.66 Å². The minimum absolute atomic E-state index is 0.337. The molecule has 0 aliphatic carbocycles. The van der Waals surface area contributed by atoms with Crippen molar-refractivity contribution in [2.75, 3.05) is 0 Å². The SMILES string of the molecule is CC(C)OP(=O)(OC(C)C)C(C)C(=O)O. The number of aliphatic carboxylic acids is 1. The zero-order valence-corrected chi connectivity index (χ0v) is 10.7. The molecule has 90 valence electrons. The molecule has 0 saturated carbocycles. The first-order valence-electron chi connectivity index (χ1n) is 4.88. The Morgan fingerprint density at radius 3 is 1.60 bits per heavy atom. The monoisotopic (exact) mass is 238 g/mol. The summed E-state index contributed by atoms with van der Waals surface area (Å²) in [6, 6.07) is 0. The molecule has 0 spiro atoms. The average Bonchev–Trinajstić information content (AvgIpc) is 1.99. The molecule has 0 aromatic rings. The highest BCUT2D eigenvalue weighted by atomic mass is 31.2. The Kier molecular flexibility index (Phi) is 5.49. The zero-order chi connectivity index (χ0) is 12.2. The molecule has 15 heavy (non-hydrogen) atoms. The highest BCUT2D eigenvalue weighted by Crippen LogP contribution is 2.54. The van der Waals surface area contributed by atoms with Gasteiger partial charge in [-0.15, -0.1) is 0 Å². The number of hydrogen-bond donors (Lipinski definition) is 1. The van der Waals surface area contributed by atoms with Crippen LogP contribution in [0.15, 0.2) is 0 Å². The summed E-state index contributed by atoms with van der Waals surface area (Å²) < 4.78 is 22.4. The third-order valence-electron chi connectivity index (χ3n) is 1.55. The first-order chi connectivity index (χ1) is 6.69. The van der Waals surface area contributed by atoms with Gasteiger partial charge in [-0.3, -0.25) is 9.36 Å². The second kappa shape index (κ2) is 5.64. The molecule has 0 rings (SSSR count). The molecule has 0 aliphatic rings. The van der Waals surface area contributed by atoms with Crippen molar-refractivity contribution in [2.45, 2.75) is 52.5 Å². The number of carboxylic acid groups (broad SMARTS) is 1. The van der Waals surface area contributed by atoms with E-state index in [1.54, 1.807) is 27.7 Å². The van der Waals surface area contributed by atoms with Gasteiger partial charge in [-0.2, -0.15) is 0 Å². The van der Waals surface area contributed by atoms with Crippen molar-refractivity contribution < 1.29 is 23.5 Å². The van der Waals surface area contributed by atoms with E-state index in [2.05, 4.69) is 0 Å². The first kappa shape index (κ1) is 14.6. The lowest BCUT2D eigenvalue weighted by molar-refractivity contribution is -0.136. The molecule has 0 heterocycles. The predicted octanol–water partition coefficient (Wildman–Crippen LogP) is 2.50. The van der Waals surface area contributed by atoms with E-state index < -0.39 is 19.2 Å². The fraction of sp³-hybridized carbons (Fsp3) is 0.889. The lowest BCUT2D eigenvalue weighted by Crippen LogP contribution is -2.22. The summed E-state index contributed by atoms with van der Waals surface area (Å²) in [5, 5.41) is 8.81. The lowest BCUT2D eigenvalue weighted by atomic mass is 10.5.